The molecular weight excluding hydrogens is 146 g/mol. The number of rotatable bonds is 1. The zero-order valence-electron chi connectivity index (χ0n) is 9.22. The number of hydrogen-bond acceptors (Lipinski definition) is 1. The van der Waals surface area contributed by atoms with E-state index < -0.39 is 0 Å². The van der Waals surface area contributed by atoms with Crippen LogP contribution in [-0.2, 0) is 0 Å². The first-order valence-electron chi connectivity index (χ1n) is 5.16. The van der Waals surface area contributed by atoms with Crippen LogP contribution in [0.1, 0.15) is 47.5 Å². The van der Waals surface area contributed by atoms with Crippen LogP contribution in [0, 0.1) is 5.41 Å². The minimum Gasteiger partial charge on any atom is -0.297 e. The minimum absolute atomic E-state index is 0.451. The van der Waals surface area contributed by atoms with Crippen molar-refractivity contribution in [1.29, 1.82) is 0 Å². The zero-order valence-corrected chi connectivity index (χ0v) is 9.22. The Morgan fingerprint density at radius 3 is 1.83 bits per heavy atom. The van der Waals surface area contributed by atoms with E-state index in [2.05, 4.69) is 39.5 Å². The van der Waals surface area contributed by atoms with Crippen LogP contribution in [0.25, 0.3) is 0 Å². The summed E-state index contributed by atoms with van der Waals surface area (Å²) in [6.07, 6.45) is 2.77. The van der Waals surface area contributed by atoms with Gasteiger partial charge in [0.05, 0.1) is 0 Å². The lowest BCUT2D eigenvalue weighted by Gasteiger charge is -2.32. The van der Waals surface area contributed by atoms with E-state index in [4.69, 9.17) is 0 Å². The predicted octanol–water partition coefficient (Wildman–Crippen LogP) is 2.91. The summed E-state index contributed by atoms with van der Waals surface area (Å²) in [6.45, 7) is 12.9. The van der Waals surface area contributed by atoms with Gasteiger partial charge in [-0.3, -0.25) is 4.90 Å². The third-order valence-corrected chi connectivity index (χ3v) is 2.79. The Hall–Kier alpha value is -0.0400. The Balaban J connectivity index is 2.50. The van der Waals surface area contributed by atoms with Crippen LogP contribution in [0.3, 0.4) is 0 Å². The Morgan fingerprint density at radius 2 is 1.50 bits per heavy atom. The summed E-state index contributed by atoms with van der Waals surface area (Å²) in [5, 5.41) is 0. The first-order chi connectivity index (χ1) is 5.40. The molecule has 12 heavy (non-hydrogen) atoms. The third-order valence-electron chi connectivity index (χ3n) is 2.79. The van der Waals surface area contributed by atoms with Crippen LogP contribution < -0.4 is 0 Å². The Kier molecular flexibility index (Phi) is 2.82. The molecule has 0 amide bonds. The van der Waals surface area contributed by atoms with E-state index in [0.29, 0.717) is 5.41 Å². The van der Waals surface area contributed by atoms with Crippen LogP contribution >= 0.6 is 0 Å². The molecule has 0 aliphatic carbocycles. The van der Waals surface area contributed by atoms with Crippen LogP contribution in [0.15, 0.2) is 0 Å². The lowest BCUT2D eigenvalue weighted by Crippen LogP contribution is -2.39. The smallest absolute Gasteiger partial charge is 0.00705 e. The van der Waals surface area contributed by atoms with Gasteiger partial charge >= 0.3 is 0 Å². The highest BCUT2D eigenvalue weighted by Gasteiger charge is 2.29. The SMILES string of the molecule is C[C@@H]1CC[C@@H](C)N1CC(C)(C)C. The standard InChI is InChI=1S/C11H23N/c1-9-6-7-10(2)12(9)8-11(3,4)5/h9-10H,6-8H2,1-5H3/t9-,10-/m1/s1. The first-order valence-corrected chi connectivity index (χ1v) is 5.16. The number of nitrogens with zero attached hydrogens (tertiary/aromatic N) is 1. The monoisotopic (exact) mass is 169 g/mol. The molecule has 1 fully saturated rings. The van der Waals surface area contributed by atoms with Gasteiger partial charge in [-0.2, -0.15) is 0 Å². The van der Waals surface area contributed by atoms with E-state index in [9.17, 15) is 0 Å². The topological polar surface area (TPSA) is 3.24 Å². The van der Waals surface area contributed by atoms with Crippen LogP contribution in [0.2, 0.25) is 0 Å². The summed E-state index contributed by atoms with van der Waals surface area (Å²) in [4.78, 5) is 2.65. The highest BCUT2D eigenvalue weighted by Crippen LogP contribution is 2.27. The summed E-state index contributed by atoms with van der Waals surface area (Å²) in [6, 6.07) is 1.61. The van der Waals surface area contributed by atoms with Gasteiger partial charge in [-0.15, -0.1) is 0 Å². The average Bonchev–Trinajstić information content (AvgIpc) is 2.16. The van der Waals surface area contributed by atoms with Crippen molar-refractivity contribution in [3.63, 3.8) is 0 Å². The van der Waals surface area contributed by atoms with Crippen molar-refractivity contribution < 1.29 is 0 Å². The van der Waals surface area contributed by atoms with Crippen LogP contribution in [0.4, 0.5) is 0 Å². The Bertz CT molecular complexity index is 136. The predicted molar refractivity (Wildman–Crippen MR) is 54.3 cm³/mol. The normalized spacial score (nSPS) is 32.8. The second-order valence-electron chi connectivity index (χ2n) is 5.51. The molecule has 1 aliphatic rings. The number of likely N-dealkylation sites (tertiary alicyclic amines) is 1. The lowest BCUT2D eigenvalue weighted by atomic mass is 9.95. The Morgan fingerprint density at radius 1 is 1.08 bits per heavy atom. The van der Waals surface area contributed by atoms with E-state index in [1.165, 1.54) is 19.4 Å². The fourth-order valence-corrected chi connectivity index (χ4v) is 2.11. The molecule has 0 aromatic carbocycles. The minimum atomic E-state index is 0.451. The van der Waals surface area contributed by atoms with E-state index in [-0.39, 0.29) is 0 Å². The Labute approximate surface area is 77.1 Å². The molecule has 0 radical (unpaired) electrons. The molecule has 0 N–H and O–H groups in total. The van der Waals surface area contributed by atoms with Gasteiger partial charge < -0.3 is 0 Å². The fourth-order valence-electron chi connectivity index (χ4n) is 2.11. The molecule has 0 saturated carbocycles. The molecule has 2 atom stereocenters. The molecule has 1 heterocycles. The van der Waals surface area contributed by atoms with E-state index in [1.54, 1.807) is 0 Å². The number of hydrogen-bond donors (Lipinski definition) is 0. The van der Waals surface area contributed by atoms with E-state index >= 15 is 0 Å². The van der Waals surface area contributed by atoms with Gasteiger partial charge in [0.15, 0.2) is 0 Å². The van der Waals surface area contributed by atoms with Gasteiger partial charge in [0, 0.05) is 18.6 Å². The van der Waals surface area contributed by atoms with Gasteiger partial charge in [-0.05, 0) is 32.1 Å². The molecule has 0 aromatic rings. The van der Waals surface area contributed by atoms with Crippen molar-refractivity contribution in [3.05, 3.63) is 0 Å². The highest BCUT2D eigenvalue weighted by atomic mass is 15.2. The van der Waals surface area contributed by atoms with Crippen molar-refractivity contribution in [1.82, 2.24) is 4.90 Å². The van der Waals surface area contributed by atoms with Gasteiger partial charge in [0.25, 0.3) is 0 Å². The van der Waals surface area contributed by atoms with Gasteiger partial charge in [0.2, 0.25) is 0 Å². The first kappa shape index (κ1) is 10.0. The van der Waals surface area contributed by atoms with Crippen LogP contribution in [0.5, 0.6) is 0 Å². The van der Waals surface area contributed by atoms with Crippen molar-refractivity contribution >= 4 is 0 Å². The summed E-state index contributed by atoms with van der Waals surface area (Å²) in [7, 11) is 0. The zero-order chi connectivity index (χ0) is 9.35. The molecule has 1 aliphatic heterocycles. The van der Waals surface area contributed by atoms with Gasteiger partial charge in [-0.1, -0.05) is 20.8 Å². The van der Waals surface area contributed by atoms with Crippen molar-refractivity contribution in [2.24, 2.45) is 5.41 Å². The van der Waals surface area contributed by atoms with Crippen molar-refractivity contribution in [2.75, 3.05) is 6.54 Å². The highest BCUT2D eigenvalue weighted by molar-refractivity contribution is 4.84. The largest absolute Gasteiger partial charge is 0.297 e. The lowest BCUT2D eigenvalue weighted by molar-refractivity contribution is 0.148. The summed E-state index contributed by atoms with van der Waals surface area (Å²) in [5.41, 5.74) is 0.451. The van der Waals surface area contributed by atoms with E-state index in [1.807, 2.05) is 0 Å². The van der Waals surface area contributed by atoms with E-state index in [0.717, 1.165) is 12.1 Å². The maximum Gasteiger partial charge on any atom is 0.00705 e. The molecule has 1 saturated heterocycles. The second kappa shape index (κ2) is 3.37. The molecule has 0 spiro atoms. The molecular formula is C11H23N. The maximum absolute atomic E-state index is 2.65. The molecule has 0 aromatic heterocycles. The summed E-state index contributed by atoms with van der Waals surface area (Å²) < 4.78 is 0. The van der Waals surface area contributed by atoms with Gasteiger partial charge in [0.1, 0.15) is 0 Å². The van der Waals surface area contributed by atoms with Crippen molar-refractivity contribution in [2.45, 2.75) is 59.5 Å². The second-order valence-corrected chi connectivity index (χ2v) is 5.51. The summed E-state index contributed by atoms with van der Waals surface area (Å²) >= 11 is 0. The molecule has 0 bridgehead atoms. The molecule has 72 valence electrons. The molecule has 0 unspecified atom stereocenters. The van der Waals surface area contributed by atoms with Crippen molar-refractivity contribution in [3.8, 4) is 0 Å². The average molecular weight is 169 g/mol. The third kappa shape index (κ3) is 2.48. The van der Waals surface area contributed by atoms with Gasteiger partial charge in [-0.25, -0.2) is 0 Å². The summed E-state index contributed by atoms with van der Waals surface area (Å²) in [5.74, 6) is 0. The maximum atomic E-state index is 2.65. The molecule has 1 nitrogen and oxygen atoms in total. The molecule has 1 rings (SSSR count). The quantitative estimate of drug-likeness (QED) is 0.583. The fraction of sp³-hybridized carbons (Fsp3) is 1.00. The van der Waals surface area contributed by atoms with Crippen LogP contribution in [-0.4, -0.2) is 23.5 Å². The molecule has 1 heteroatoms.